The molecule has 2 aromatic rings. The first-order valence-electron chi connectivity index (χ1n) is 7.22. The SMILES string of the molecule is O=C(NCCc1nc(-c2ccccc2)n[nH]1)C1CC=CC1. The third-order valence-electron chi connectivity index (χ3n) is 3.60. The first-order chi connectivity index (χ1) is 10.3. The zero-order chi connectivity index (χ0) is 14.5. The normalized spacial score (nSPS) is 14.5. The standard InChI is InChI=1S/C16H18N4O/c21-16(13-8-4-5-9-13)17-11-10-14-18-15(20-19-14)12-6-2-1-3-7-12/h1-7,13H,8-11H2,(H,17,21)(H,18,19,20). The Morgan fingerprint density at radius 1 is 1.24 bits per heavy atom. The van der Waals surface area contributed by atoms with Crippen molar-refractivity contribution in [1.29, 1.82) is 0 Å². The number of aromatic amines is 1. The molecule has 0 radical (unpaired) electrons. The highest BCUT2D eigenvalue weighted by atomic mass is 16.1. The van der Waals surface area contributed by atoms with Crippen LogP contribution in [0.3, 0.4) is 0 Å². The van der Waals surface area contributed by atoms with Crippen molar-refractivity contribution in [1.82, 2.24) is 20.5 Å². The van der Waals surface area contributed by atoms with Crippen LogP contribution >= 0.6 is 0 Å². The van der Waals surface area contributed by atoms with E-state index in [9.17, 15) is 4.79 Å². The van der Waals surface area contributed by atoms with Crippen LogP contribution in [0.25, 0.3) is 11.4 Å². The fraction of sp³-hybridized carbons (Fsp3) is 0.312. The van der Waals surface area contributed by atoms with Gasteiger partial charge in [-0.25, -0.2) is 4.98 Å². The maximum absolute atomic E-state index is 11.9. The molecule has 108 valence electrons. The molecule has 1 heterocycles. The second-order valence-corrected chi connectivity index (χ2v) is 5.15. The summed E-state index contributed by atoms with van der Waals surface area (Å²) in [6, 6.07) is 9.83. The van der Waals surface area contributed by atoms with Crippen molar-refractivity contribution < 1.29 is 4.79 Å². The van der Waals surface area contributed by atoms with Crippen LogP contribution in [0.4, 0.5) is 0 Å². The number of H-pyrrole nitrogens is 1. The Morgan fingerprint density at radius 3 is 2.76 bits per heavy atom. The van der Waals surface area contributed by atoms with Crippen molar-refractivity contribution >= 4 is 5.91 Å². The molecule has 1 aromatic heterocycles. The lowest BCUT2D eigenvalue weighted by Crippen LogP contribution is -2.31. The minimum absolute atomic E-state index is 0.111. The lowest BCUT2D eigenvalue weighted by atomic mass is 10.1. The fourth-order valence-corrected chi connectivity index (χ4v) is 2.40. The minimum Gasteiger partial charge on any atom is -0.355 e. The molecule has 1 aromatic carbocycles. The van der Waals surface area contributed by atoms with Crippen molar-refractivity contribution in [3.05, 3.63) is 48.3 Å². The first-order valence-corrected chi connectivity index (χ1v) is 7.22. The van der Waals surface area contributed by atoms with Gasteiger partial charge in [0.1, 0.15) is 5.82 Å². The van der Waals surface area contributed by atoms with Gasteiger partial charge in [0.2, 0.25) is 5.91 Å². The van der Waals surface area contributed by atoms with E-state index in [1.807, 2.05) is 30.3 Å². The highest BCUT2D eigenvalue weighted by Gasteiger charge is 2.18. The van der Waals surface area contributed by atoms with Crippen LogP contribution in [0.5, 0.6) is 0 Å². The molecular formula is C16H18N4O. The predicted octanol–water partition coefficient (Wildman–Crippen LogP) is 2.10. The zero-order valence-corrected chi connectivity index (χ0v) is 11.7. The van der Waals surface area contributed by atoms with Crippen LogP contribution in [0.1, 0.15) is 18.7 Å². The highest BCUT2D eigenvalue weighted by Crippen LogP contribution is 2.17. The molecule has 0 unspecified atom stereocenters. The number of amides is 1. The van der Waals surface area contributed by atoms with Crippen molar-refractivity contribution in [2.75, 3.05) is 6.54 Å². The molecule has 1 amide bonds. The van der Waals surface area contributed by atoms with Crippen molar-refractivity contribution in [3.8, 4) is 11.4 Å². The van der Waals surface area contributed by atoms with Gasteiger partial charge in [-0.05, 0) is 12.8 Å². The number of aromatic nitrogens is 3. The van der Waals surface area contributed by atoms with E-state index in [0.29, 0.717) is 18.8 Å². The van der Waals surface area contributed by atoms with Crippen LogP contribution in [0.2, 0.25) is 0 Å². The molecule has 1 aliphatic carbocycles. The molecule has 0 fully saturated rings. The average molecular weight is 282 g/mol. The maximum atomic E-state index is 11.9. The summed E-state index contributed by atoms with van der Waals surface area (Å²) in [5.74, 6) is 1.72. The van der Waals surface area contributed by atoms with Crippen molar-refractivity contribution in [2.24, 2.45) is 5.92 Å². The van der Waals surface area contributed by atoms with E-state index in [4.69, 9.17) is 0 Å². The summed E-state index contributed by atoms with van der Waals surface area (Å²) in [7, 11) is 0. The van der Waals surface area contributed by atoms with Gasteiger partial charge in [-0.3, -0.25) is 9.89 Å². The summed E-state index contributed by atoms with van der Waals surface area (Å²) in [5.41, 5.74) is 0.987. The number of nitrogens with one attached hydrogen (secondary N) is 2. The van der Waals surface area contributed by atoms with Crippen LogP contribution in [-0.2, 0) is 11.2 Å². The van der Waals surface area contributed by atoms with Gasteiger partial charge in [0.15, 0.2) is 5.82 Å². The Morgan fingerprint density at radius 2 is 2.00 bits per heavy atom. The number of rotatable bonds is 5. The quantitative estimate of drug-likeness (QED) is 0.825. The van der Waals surface area contributed by atoms with Gasteiger partial charge < -0.3 is 5.32 Å². The third-order valence-corrected chi connectivity index (χ3v) is 3.60. The number of hydrogen-bond donors (Lipinski definition) is 2. The van der Waals surface area contributed by atoms with Crippen LogP contribution < -0.4 is 5.32 Å². The summed E-state index contributed by atoms with van der Waals surface area (Å²) in [4.78, 5) is 16.3. The second kappa shape index (κ2) is 6.35. The summed E-state index contributed by atoms with van der Waals surface area (Å²) in [5, 5.41) is 10.1. The Kier molecular flexibility index (Phi) is 4.09. The van der Waals surface area contributed by atoms with E-state index in [2.05, 4.69) is 32.7 Å². The molecule has 2 N–H and O–H groups in total. The van der Waals surface area contributed by atoms with E-state index in [0.717, 1.165) is 24.2 Å². The third kappa shape index (κ3) is 3.37. The zero-order valence-electron chi connectivity index (χ0n) is 11.7. The van der Waals surface area contributed by atoms with E-state index < -0.39 is 0 Å². The molecule has 5 nitrogen and oxygen atoms in total. The largest absolute Gasteiger partial charge is 0.355 e. The second-order valence-electron chi connectivity index (χ2n) is 5.15. The van der Waals surface area contributed by atoms with Gasteiger partial charge in [-0.1, -0.05) is 42.5 Å². The number of benzene rings is 1. The van der Waals surface area contributed by atoms with Gasteiger partial charge in [-0.2, -0.15) is 5.10 Å². The van der Waals surface area contributed by atoms with E-state index in [1.54, 1.807) is 0 Å². The maximum Gasteiger partial charge on any atom is 0.223 e. The molecule has 3 rings (SSSR count). The highest BCUT2D eigenvalue weighted by molar-refractivity contribution is 5.79. The Labute approximate surface area is 123 Å². The number of allylic oxidation sites excluding steroid dienone is 2. The van der Waals surface area contributed by atoms with Crippen molar-refractivity contribution in [3.63, 3.8) is 0 Å². The van der Waals surface area contributed by atoms with Gasteiger partial charge in [-0.15, -0.1) is 0 Å². The number of carbonyl (C=O) groups excluding carboxylic acids is 1. The fourth-order valence-electron chi connectivity index (χ4n) is 2.40. The Balaban J connectivity index is 1.50. The van der Waals surface area contributed by atoms with E-state index in [-0.39, 0.29) is 11.8 Å². The smallest absolute Gasteiger partial charge is 0.223 e. The molecule has 0 spiro atoms. The van der Waals surface area contributed by atoms with Gasteiger partial charge in [0.25, 0.3) is 0 Å². The summed E-state index contributed by atoms with van der Waals surface area (Å²) >= 11 is 0. The molecule has 1 aliphatic rings. The summed E-state index contributed by atoms with van der Waals surface area (Å²) < 4.78 is 0. The Bertz CT molecular complexity index is 625. The molecule has 0 bridgehead atoms. The lowest BCUT2D eigenvalue weighted by molar-refractivity contribution is -0.124. The number of nitrogens with zero attached hydrogens (tertiary/aromatic N) is 2. The lowest BCUT2D eigenvalue weighted by Gasteiger charge is -2.09. The van der Waals surface area contributed by atoms with Crippen LogP contribution in [0, 0.1) is 5.92 Å². The molecule has 0 saturated heterocycles. The van der Waals surface area contributed by atoms with E-state index >= 15 is 0 Å². The summed E-state index contributed by atoms with van der Waals surface area (Å²) in [6.45, 7) is 0.582. The van der Waals surface area contributed by atoms with Crippen LogP contribution in [0.15, 0.2) is 42.5 Å². The molecular weight excluding hydrogens is 264 g/mol. The van der Waals surface area contributed by atoms with Crippen LogP contribution in [-0.4, -0.2) is 27.6 Å². The number of hydrogen-bond acceptors (Lipinski definition) is 3. The topological polar surface area (TPSA) is 70.7 Å². The predicted molar refractivity (Wildman–Crippen MR) is 80.4 cm³/mol. The molecule has 21 heavy (non-hydrogen) atoms. The first kappa shape index (κ1) is 13.5. The number of carbonyl (C=O) groups is 1. The van der Waals surface area contributed by atoms with Crippen molar-refractivity contribution in [2.45, 2.75) is 19.3 Å². The monoisotopic (exact) mass is 282 g/mol. The van der Waals surface area contributed by atoms with Gasteiger partial charge >= 0.3 is 0 Å². The Hall–Kier alpha value is -2.43. The molecule has 0 atom stereocenters. The summed E-state index contributed by atoms with van der Waals surface area (Å²) in [6.07, 6.45) is 6.49. The van der Waals surface area contributed by atoms with Gasteiger partial charge in [0, 0.05) is 24.4 Å². The molecule has 0 saturated carbocycles. The average Bonchev–Trinajstić information content (AvgIpc) is 3.20. The minimum atomic E-state index is 0.111. The van der Waals surface area contributed by atoms with E-state index in [1.165, 1.54) is 0 Å². The molecule has 0 aliphatic heterocycles. The molecule has 5 heteroatoms. The van der Waals surface area contributed by atoms with Gasteiger partial charge in [0.05, 0.1) is 0 Å².